The van der Waals surface area contributed by atoms with Crippen molar-refractivity contribution in [3.05, 3.63) is 65.5 Å². The molecule has 0 saturated heterocycles. The Balaban J connectivity index is 1.79. The van der Waals surface area contributed by atoms with Gasteiger partial charge in [-0.3, -0.25) is 4.79 Å². The predicted molar refractivity (Wildman–Crippen MR) is 82.8 cm³/mol. The molecule has 0 aliphatic carbocycles. The molecule has 0 fully saturated rings. The Morgan fingerprint density at radius 3 is 2.50 bits per heavy atom. The maximum Gasteiger partial charge on any atom is 0.416 e. The van der Waals surface area contributed by atoms with Crippen LogP contribution in [0.25, 0.3) is 0 Å². The van der Waals surface area contributed by atoms with Gasteiger partial charge in [-0.05, 0) is 24.3 Å². The summed E-state index contributed by atoms with van der Waals surface area (Å²) in [5, 5.41) is 5.33. The van der Waals surface area contributed by atoms with Crippen LogP contribution in [-0.2, 0) is 17.5 Å². The summed E-state index contributed by atoms with van der Waals surface area (Å²) >= 11 is 0. The number of nitrogens with one attached hydrogen (secondary N) is 2. The molecule has 128 valence electrons. The second-order valence-corrected chi connectivity index (χ2v) is 5.14. The van der Waals surface area contributed by atoms with Crippen LogP contribution < -0.4 is 10.6 Å². The zero-order valence-electron chi connectivity index (χ0n) is 12.7. The molecule has 0 saturated carbocycles. The van der Waals surface area contributed by atoms with E-state index in [1.807, 2.05) is 0 Å². The molecule has 0 bridgehead atoms. The first kappa shape index (κ1) is 17.9. The Morgan fingerprint density at radius 1 is 1.04 bits per heavy atom. The maximum atomic E-state index is 13.4. The lowest BCUT2D eigenvalue weighted by atomic mass is 10.2. The van der Waals surface area contributed by atoms with Crippen LogP contribution in [0.5, 0.6) is 0 Å². The third-order valence-corrected chi connectivity index (χ3v) is 3.28. The minimum absolute atomic E-state index is 0.0602. The summed E-state index contributed by atoms with van der Waals surface area (Å²) < 4.78 is 51.2. The van der Waals surface area contributed by atoms with Gasteiger partial charge in [-0.2, -0.15) is 13.2 Å². The van der Waals surface area contributed by atoms with E-state index in [2.05, 4.69) is 10.6 Å². The smallest absolute Gasteiger partial charge is 0.326 e. The molecule has 0 aromatic heterocycles. The third kappa shape index (κ3) is 5.34. The predicted octanol–water partition coefficient (Wildman–Crippen LogP) is 3.96. The molecule has 2 rings (SSSR count). The molecule has 0 unspecified atom stereocenters. The van der Waals surface area contributed by atoms with Crippen molar-refractivity contribution in [3.63, 3.8) is 0 Å². The van der Waals surface area contributed by atoms with Gasteiger partial charge in [-0.25, -0.2) is 4.39 Å². The second kappa shape index (κ2) is 7.92. The Hall–Kier alpha value is -2.41. The highest BCUT2D eigenvalue weighted by atomic mass is 19.4. The van der Waals surface area contributed by atoms with E-state index in [4.69, 9.17) is 0 Å². The van der Waals surface area contributed by atoms with E-state index < -0.39 is 17.6 Å². The number of hydrogen-bond acceptors (Lipinski definition) is 2. The number of rotatable bonds is 6. The van der Waals surface area contributed by atoms with Gasteiger partial charge in [0.15, 0.2) is 0 Å². The van der Waals surface area contributed by atoms with Crippen molar-refractivity contribution in [3.8, 4) is 0 Å². The summed E-state index contributed by atoms with van der Waals surface area (Å²) in [5.74, 6) is -0.756. The van der Waals surface area contributed by atoms with E-state index in [1.165, 1.54) is 18.2 Å². The van der Waals surface area contributed by atoms with Crippen LogP contribution in [0.15, 0.2) is 48.5 Å². The number of anilines is 1. The fraction of sp³-hybridized carbons (Fsp3) is 0.235. The van der Waals surface area contributed by atoms with Crippen molar-refractivity contribution in [2.24, 2.45) is 0 Å². The highest BCUT2D eigenvalue weighted by molar-refractivity contribution is 5.90. The van der Waals surface area contributed by atoms with Crippen LogP contribution in [0, 0.1) is 5.82 Å². The zero-order valence-corrected chi connectivity index (χ0v) is 12.7. The first-order chi connectivity index (χ1) is 11.4. The van der Waals surface area contributed by atoms with Gasteiger partial charge in [0.05, 0.1) is 5.56 Å². The molecule has 2 aromatic rings. The van der Waals surface area contributed by atoms with Gasteiger partial charge in [0.2, 0.25) is 5.91 Å². The molecule has 3 nitrogen and oxygen atoms in total. The van der Waals surface area contributed by atoms with E-state index in [0.29, 0.717) is 5.56 Å². The summed E-state index contributed by atoms with van der Waals surface area (Å²) in [4.78, 5) is 11.7. The van der Waals surface area contributed by atoms with Crippen molar-refractivity contribution in [2.75, 3.05) is 11.9 Å². The van der Waals surface area contributed by atoms with Crippen LogP contribution in [0.1, 0.15) is 17.5 Å². The second-order valence-electron chi connectivity index (χ2n) is 5.14. The van der Waals surface area contributed by atoms with Gasteiger partial charge in [0, 0.05) is 30.8 Å². The number of amides is 1. The lowest BCUT2D eigenvalue weighted by molar-refractivity contribution is -0.137. The third-order valence-electron chi connectivity index (χ3n) is 3.28. The number of carbonyl (C=O) groups excluding carboxylic acids is 1. The molecule has 2 N–H and O–H groups in total. The SMILES string of the molecule is O=C(CCNCc1ccccc1F)Nc1cccc(C(F)(F)F)c1. The molecule has 0 heterocycles. The Kier molecular flexibility index (Phi) is 5.92. The number of benzene rings is 2. The van der Waals surface area contributed by atoms with Crippen LogP contribution in [0.4, 0.5) is 23.2 Å². The number of hydrogen-bond donors (Lipinski definition) is 2. The standard InChI is InChI=1S/C17H16F4N2O/c18-15-7-2-1-4-12(15)11-22-9-8-16(24)23-14-6-3-5-13(10-14)17(19,20)21/h1-7,10,22H,8-9,11H2,(H,23,24). The lowest BCUT2D eigenvalue weighted by Crippen LogP contribution is -2.22. The summed E-state index contributed by atoms with van der Waals surface area (Å²) in [6.45, 7) is 0.544. The van der Waals surface area contributed by atoms with Gasteiger partial charge in [-0.15, -0.1) is 0 Å². The largest absolute Gasteiger partial charge is 0.416 e. The van der Waals surface area contributed by atoms with Gasteiger partial charge in [-0.1, -0.05) is 24.3 Å². The molecule has 1 amide bonds. The van der Waals surface area contributed by atoms with Gasteiger partial charge in [0.25, 0.3) is 0 Å². The van der Waals surface area contributed by atoms with Gasteiger partial charge < -0.3 is 10.6 Å². The summed E-state index contributed by atoms with van der Waals surface area (Å²) in [5.41, 5.74) is -0.252. The lowest BCUT2D eigenvalue weighted by Gasteiger charge is -2.10. The van der Waals surface area contributed by atoms with Crippen LogP contribution in [0.2, 0.25) is 0 Å². The van der Waals surface area contributed by atoms with Crippen LogP contribution in [-0.4, -0.2) is 12.5 Å². The maximum absolute atomic E-state index is 13.4. The van der Waals surface area contributed by atoms with Crippen molar-refractivity contribution < 1.29 is 22.4 Å². The molecule has 7 heteroatoms. The quantitative estimate of drug-likeness (QED) is 0.617. The fourth-order valence-corrected chi connectivity index (χ4v) is 2.06. The van der Waals surface area contributed by atoms with E-state index in [1.54, 1.807) is 18.2 Å². The minimum atomic E-state index is -4.46. The average Bonchev–Trinajstić information content (AvgIpc) is 2.52. The molecule has 0 spiro atoms. The van der Waals surface area contributed by atoms with E-state index in [9.17, 15) is 22.4 Å². The van der Waals surface area contributed by atoms with Crippen molar-refractivity contribution >= 4 is 11.6 Å². The zero-order chi connectivity index (χ0) is 17.6. The van der Waals surface area contributed by atoms with Crippen molar-refractivity contribution in [2.45, 2.75) is 19.1 Å². The topological polar surface area (TPSA) is 41.1 Å². The summed E-state index contributed by atoms with van der Waals surface area (Å²) in [7, 11) is 0. The Bertz CT molecular complexity index is 701. The van der Waals surface area contributed by atoms with Gasteiger partial charge >= 0.3 is 6.18 Å². The fourth-order valence-electron chi connectivity index (χ4n) is 2.06. The summed E-state index contributed by atoms with van der Waals surface area (Å²) in [6.07, 6.45) is -4.40. The highest BCUT2D eigenvalue weighted by Gasteiger charge is 2.30. The van der Waals surface area contributed by atoms with Gasteiger partial charge in [0.1, 0.15) is 5.82 Å². The monoisotopic (exact) mass is 340 g/mol. The normalized spacial score (nSPS) is 11.3. The summed E-state index contributed by atoms with van der Waals surface area (Å²) in [6, 6.07) is 10.7. The molecular formula is C17H16F4N2O. The molecule has 0 radical (unpaired) electrons. The van der Waals surface area contributed by atoms with Crippen molar-refractivity contribution in [1.29, 1.82) is 0 Å². The van der Waals surface area contributed by atoms with E-state index >= 15 is 0 Å². The van der Waals surface area contributed by atoms with E-state index in [-0.39, 0.29) is 31.0 Å². The van der Waals surface area contributed by atoms with Crippen molar-refractivity contribution in [1.82, 2.24) is 5.32 Å². The Morgan fingerprint density at radius 2 is 1.79 bits per heavy atom. The highest BCUT2D eigenvalue weighted by Crippen LogP contribution is 2.30. The number of halogens is 4. The average molecular weight is 340 g/mol. The van der Waals surface area contributed by atoms with E-state index in [0.717, 1.165) is 12.1 Å². The first-order valence-electron chi connectivity index (χ1n) is 7.27. The number of alkyl halides is 3. The van der Waals surface area contributed by atoms with Crippen LogP contribution in [0.3, 0.4) is 0 Å². The molecular weight excluding hydrogens is 324 g/mol. The molecule has 24 heavy (non-hydrogen) atoms. The first-order valence-corrected chi connectivity index (χ1v) is 7.27. The molecule has 0 aliphatic rings. The molecule has 2 aromatic carbocycles. The minimum Gasteiger partial charge on any atom is -0.326 e. The molecule has 0 atom stereocenters. The Labute approximate surface area is 136 Å². The molecule has 0 aliphatic heterocycles. The number of carbonyl (C=O) groups is 1. The van der Waals surface area contributed by atoms with Crippen LogP contribution >= 0.6 is 0 Å².